The number of nitrogens with one attached hydrogen (secondary N) is 3. The van der Waals surface area contributed by atoms with E-state index in [1.165, 1.54) is 12.3 Å². The SMILES string of the molecule is O=C(Nc1ccc(C(F)(F)F)cn1)Nc1c[nH]c2ncc(F)cc12. The number of carbonyl (C=O) groups is 1. The molecule has 124 valence electrons. The molecule has 0 aliphatic rings. The van der Waals surface area contributed by atoms with Crippen molar-refractivity contribution in [3.8, 4) is 0 Å². The number of halogens is 4. The van der Waals surface area contributed by atoms with Crippen LogP contribution in [0.1, 0.15) is 5.56 Å². The molecule has 0 atom stereocenters. The van der Waals surface area contributed by atoms with Crippen LogP contribution < -0.4 is 10.6 Å². The Balaban J connectivity index is 1.72. The van der Waals surface area contributed by atoms with Gasteiger partial charge in [-0.3, -0.25) is 5.32 Å². The van der Waals surface area contributed by atoms with Crippen LogP contribution in [0.5, 0.6) is 0 Å². The number of H-pyrrole nitrogens is 1. The highest BCUT2D eigenvalue weighted by Gasteiger charge is 2.30. The Kier molecular flexibility index (Phi) is 3.80. The maximum absolute atomic E-state index is 13.2. The van der Waals surface area contributed by atoms with Gasteiger partial charge >= 0.3 is 12.2 Å². The second-order valence-corrected chi connectivity index (χ2v) is 4.76. The van der Waals surface area contributed by atoms with Gasteiger partial charge in [0.15, 0.2) is 0 Å². The minimum Gasteiger partial charge on any atom is -0.344 e. The first kappa shape index (κ1) is 15.7. The molecular weight excluding hydrogens is 330 g/mol. The van der Waals surface area contributed by atoms with Gasteiger partial charge in [-0.25, -0.2) is 19.2 Å². The molecule has 0 fully saturated rings. The van der Waals surface area contributed by atoms with Crippen LogP contribution in [0.15, 0.2) is 36.8 Å². The van der Waals surface area contributed by atoms with E-state index in [0.29, 0.717) is 17.2 Å². The molecule has 0 radical (unpaired) electrons. The average Bonchev–Trinajstić information content (AvgIpc) is 2.89. The zero-order valence-electron chi connectivity index (χ0n) is 11.8. The Hall–Kier alpha value is -3.17. The van der Waals surface area contributed by atoms with Crippen molar-refractivity contribution in [3.63, 3.8) is 0 Å². The number of fused-ring (bicyclic) bond motifs is 1. The van der Waals surface area contributed by atoms with E-state index in [1.54, 1.807) is 0 Å². The number of hydrogen-bond acceptors (Lipinski definition) is 3. The lowest BCUT2D eigenvalue weighted by Gasteiger charge is -2.08. The van der Waals surface area contributed by atoms with Gasteiger partial charge in [-0.05, 0) is 18.2 Å². The van der Waals surface area contributed by atoms with Crippen LogP contribution in [0.3, 0.4) is 0 Å². The number of hydrogen-bond donors (Lipinski definition) is 3. The normalized spacial score (nSPS) is 11.5. The molecule has 2 amide bonds. The fourth-order valence-corrected chi connectivity index (χ4v) is 1.99. The first-order valence-electron chi connectivity index (χ1n) is 6.57. The van der Waals surface area contributed by atoms with Gasteiger partial charge in [-0.1, -0.05) is 0 Å². The Morgan fingerprint density at radius 3 is 2.58 bits per heavy atom. The summed E-state index contributed by atoms with van der Waals surface area (Å²) in [5, 5.41) is 5.07. The van der Waals surface area contributed by atoms with Crippen molar-refractivity contribution in [1.29, 1.82) is 0 Å². The third kappa shape index (κ3) is 3.26. The summed E-state index contributed by atoms with van der Waals surface area (Å²) in [6, 6.07) is 2.27. The van der Waals surface area contributed by atoms with Gasteiger partial charge in [0.05, 0.1) is 17.4 Å². The van der Waals surface area contributed by atoms with Crippen molar-refractivity contribution < 1.29 is 22.4 Å². The highest BCUT2D eigenvalue weighted by molar-refractivity contribution is 6.04. The molecule has 10 heteroatoms. The number of aromatic amines is 1. The standard InChI is InChI=1S/C14H9F4N5O/c15-8-3-9-10(6-21-12(9)20-5-8)22-13(24)23-11-2-1-7(4-19-11)14(16,17)18/h1-6H,(H,20,21)(H2,19,22,23,24). The Morgan fingerprint density at radius 1 is 1.12 bits per heavy atom. The Morgan fingerprint density at radius 2 is 1.92 bits per heavy atom. The maximum Gasteiger partial charge on any atom is 0.417 e. The number of amides is 2. The van der Waals surface area contributed by atoms with Crippen molar-refractivity contribution in [2.24, 2.45) is 0 Å². The van der Waals surface area contributed by atoms with Crippen molar-refractivity contribution >= 4 is 28.6 Å². The summed E-state index contributed by atoms with van der Waals surface area (Å²) in [6.45, 7) is 0. The topological polar surface area (TPSA) is 82.7 Å². The van der Waals surface area contributed by atoms with Gasteiger partial charge < -0.3 is 10.3 Å². The fourth-order valence-electron chi connectivity index (χ4n) is 1.99. The quantitative estimate of drug-likeness (QED) is 0.622. The smallest absolute Gasteiger partial charge is 0.344 e. The molecule has 0 aromatic carbocycles. The number of nitrogens with zero attached hydrogens (tertiary/aromatic N) is 2. The largest absolute Gasteiger partial charge is 0.417 e. The molecule has 3 aromatic rings. The molecule has 0 aliphatic heterocycles. The maximum atomic E-state index is 13.2. The van der Waals surface area contributed by atoms with Crippen molar-refractivity contribution in [2.45, 2.75) is 6.18 Å². The third-order valence-corrected chi connectivity index (χ3v) is 3.08. The van der Waals surface area contributed by atoms with Gasteiger partial charge in [0, 0.05) is 17.8 Å². The molecule has 24 heavy (non-hydrogen) atoms. The minimum atomic E-state index is -4.51. The molecule has 0 unspecified atom stereocenters. The second kappa shape index (κ2) is 5.80. The van der Waals surface area contributed by atoms with Gasteiger partial charge in [0.2, 0.25) is 0 Å². The summed E-state index contributed by atoms with van der Waals surface area (Å²) in [6.07, 6.45) is -1.46. The van der Waals surface area contributed by atoms with Crippen LogP contribution >= 0.6 is 0 Å². The Labute approximate surface area is 131 Å². The highest BCUT2D eigenvalue weighted by atomic mass is 19.4. The fraction of sp³-hybridized carbons (Fsp3) is 0.0714. The van der Waals surface area contributed by atoms with E-state index < -0.39 is 23.6 Å². The third-order valence-electron chi connectivity index (χ3n) is 3.08. The monoisotopic (exact) mass is 339 g/mol. The molecule has 0 saturated heterocycles. The zero-order valence-corrected chi connectivity index (χ0v) is 11.8. The van der Waals surface area contributed by atoms with E-state index in [1.807, 2.05) is 0 Å². The number of pyridine rings is 2. The van der Waals surface area contributed by atoms with Crippen LogP contribution in [-0.2, 0) is 6.18 Å². The van der Waals surface area contributed by atoms with Crippen molar-refractivity contribution in [1.82, 2.24) is 15.0 Å². The summed E-state index contributed by atoms with van der Waals surface area (Å²) >= 11 is 0. The van der Waals surface area contributed by atoms with Crippen LogP contribution in [0.25, 0.3) is 11.0 Å². The average molecular weight is 339 g/mol. The highest BCUT2D eigenvalue weighted by Crippen LogP contribution is 2.29. The second-order valence-electron chi connectivity index (χ2n) is 4.76. The summed E-state index contributed by atoms with van der Waals surface area (Å²) in [5.74, 6) is -0.639. The summed E-state index contributed by atoms with van der Waals surface area (Å²) < 4.78 is 50.5. The van der Waals surface area contributed by atoms with Crippen LogP contribution in [0.2, 0.25) is 0 Å². The van der Waals surface area contributed by atoms with Gasteiger partial charge in [0.1, 0.15) is 17.3 Å². The number of urea groups is 1. The number of alkyl halides is 3. The van der Waals surface area contributed by atoms with E-state index in [2.05, 4.69) is 25.6 Å². The zero-order chi connectivity index (χ0) is 17.3. The number of anilines is 2. The van der Waals surface area contributed by atoms with Gasteiger partial charge in [0.25, 0.3) is 0 Å². The number of aromatic nitrogens is 3. The first-order chi connectivity index (χ1) is 11.3. The molecule has 0 saturated carbocycles. The lowest BCUT2D eigenvalue weighted by molar-refractivity contribution is -0.137. The molecule has 0 aliphatic carbocycles. The number of rotatable bonds is 2. The number of carbonyl (C=O) groups excluding carboxylic acids is 1. The Bertz CT molecular complexity index is 888. The molecule has 0 bridgehead atoms. The van der Waals surface area contributed by atoms with Gasteiger partial charge in [-0.2, -0.15) is 13.2 Å². The van der Waals surface area contributed by atoms with E-state index in [9.17, 15) is 22.4 Å². The first-order valence-corrected chi connectivity index (χ1v) is 6.57. The summed E-state index contributed by atoms with van der Waals surface area (Å²) in [5.41, 5.74) is -0.285. The van der Waals surface area contributed by atoms with E-state index in [-0.39, 0.29) is 11.5 Å². The van der Waals surface area contributed by atoms with E-state index in [0.717, 1.165) is 18.3 Å². The van der Waals surface area contributed by atoms with E-state index >= 15 is 0 Å². The lowest BCUT2D eigenvalue weighted by Crippen LogP contribution is -2.20. The summed E-state index contributed by atoms with van der Waals surface area (Å²) in [4.78, 5) is 21.9. The predicted octanol–water partition coefficient (Wildman–Crippen LogP) is 3.76. The predicted molar refractivity (Wildman–Crippen MR) is 77.9 cm³/mol. The molecule has 0 spiro atoms. The van der Waals surface area contributed by atoms with Crippen molar-refractivity contribution in [3.05, 3.63) is 48.2 Å². The molecule has 3 N–H and O–H groups in total. The van der Waals surface area contributed by atoms with Crippen molar-refractivity contribution in [2.75, 3.05) is 10.6 Å². The van der Waals surface area contributed by atoms with Crippen LogP contribution in [0.4, 0.5) is 33.9 Å². The van der Waals surface area contributed by atoms with Crippen LogP contribution in [0, 0.1) is 5.82 Å². The minimum absolute atomic E-state index is 0.0651. The van der Waals surface area contributed by atoms with E-state index in [4.69, 9.17) is 0 Å². The molecule has 3 aromatic heterocycles. The lowest BCUT2D eigenvalue weighted by atomic mass is 10.3. The molecule has 6 nitrogen and oxygen atoms in total. The molecular formula is C14H9F4N5O. The van der Waals surface area contributed by atoms with Crippen LogP contribution in [-0.4, -0.2) is 21.0 Å². The molecule has 3 rings (SSSR count). The summed E-state index contributed by atoms with van der Waals surface area (Å²) in [7, 11) is 0. The van der Waals surface area contributed by atoms with Gasteiger partial charge in [-0.15, -0.1) is 0 Å². The molecule has 3 heterocycles.